The summed E-state index contributed by atoms with van der Waals surface area (Å²) in [6, 6.07) is 14.0. The first-order valence-corrected chi connectivity index (χ1v) is 7.94. The molecule has 6 nitrogen and oxygen atoms in total. The number of amides is 2. The van der Waals surface area contributed by atoms with Gasteiger partial charge in [0.05, 0.1) is 12.8 Å². The topological polar surface area (TPSA) is 76.7 Å². The lowest BCUT2D eigenvalue weighted by Crippen LogP contribution is -2.38. The molecule has 7 heteroatoms. The van der Waals surface area contributed by atoms with Crippen molar-refractivity contribution < 1.29 is 19.1 Å². The first kappa shape index (κ1) is 18.8. The van der Waals surface area contributed by atoms with Gasteiger partial charge in [-0.2, -0.15) is 0 Å². The van der Waals surface area contributed by atoms with Gasteiger partial charge in [-0.25, -0.2) is 0 Å². The van der Waals surface area contributed by atoms with Gasteiger partial charge in [0.2, 0.25) is 0 Å². The molecule has 0 saturated heterocycles. The van der Waals surface area contributed by atoms with Gasteiger partial charge in [-0.15, -0.1) is 0 Å². The molecule has 2 amide bonds. The summed E-state index contributed by atoms with van der Waals surface area (Å²) < 4.78 is 10.5. The molecule has 25 heavy (non-hydrogen) atoms. The number of nitrogens with one attached hydrogen (secondary N) is 2. The van der Waals surface area contributed by atoms with Gasteiger partial charge in [0, 0.05) is 24.2 Å². The fourth-order valence-electron chi connectivity index (χ4n) is 2.25. The Bertz CT molecular complexity index is 751. The second-order valence-electron chi connectivity index (χ2n) is 5.11. The Morgan fingerprint density at radius 1 is 1.04 bits per heavy atom. The number of anilines is 1. The molecule has 0 aliphatic carbocycles. The minimum absolute atomic E-state index is 0.110. The van der Waals surface area contributed by atoms with E-state index in [-0.39, 0.29) is 6.54 Å². The van der Waals surface area contributed by atoms with Crippen LogP contribution in [0.5, 0.6) is 5.75 Å². The van der Waals surface area contributed by atoms with E-state index >= 15 is 0 Å². The Morgan fingerprint density at radius 2 is 1.72 bits per heavy atom. The molecule has 0 saturated carbocycles. The largest absolute Gasteiger partial charge is 0.495 e. The number of ether oxygens (including phenoxy) is 2. The Kier molecular flexibility index (Phi) is 6.80. The number of hydrogen-bond acceptors (Lipinski definition) is 4. The van der Waals surface area contributed by atoms with Gasteiger partial charge in [0.15, 0.2) is 0 Å². The molecule has 2 N–H and O–H groups in total. The number of carbonyl (C=O) groups excluding carboxylic acids is 2. The van der Waals surface area contributed by atoms with Crippen molar-refractivity contribution in [3.05, 3.63) is 59.1 Å². The van der Waals surface area contributed by atoms with Crippen molar-refractivity contribution in [1.29, 1.82) is 0 Å². The number of rotatable bonds is 6. The van der Waals surface area contributed by atoms with Gasteiger partial charge in [-0.05, 0) is 18.2 Å². The van der Waals surface area contributed by atoms with E-state index in [2.05, 4.69) is 10.6 Å². The van der Waals surface area contributed by atoms with Crippen LogP contribution in [0, 0.1) is 0 Å². The molecule has 1 atom stereocenters. The highest BCUT2D eigenvalue weighted by molar-refractivity contribution is 6.39. The zero-order valence-electron chi connectivity index (χ0n) is 13.9. The summed E-state index contributed by atoms with van der Waals surface area (Å²) in [4.78, 5) is 24.1. The maximum absolute atomic E-state index is 12.0. The zero-order valence-corrected chi connectivity index (χ0v) is 14.7. The van der Waals surface area contributed by atoms with E-state index in [1.165, 1.54) is 14.2 Å². The summed E-state index contributed by atoms with van der Waals surface area (Å²) >= 11 is 6.13. The second-order valence-corrected chi connectivity index (χ2v) is 5.52. The molecule has 0 aromatic heterocycles. The van der Waals surface area contributed by atoms with Gasteiger partial charge < -0.3 is 20.1 Å². The van der Waals surface area contributed by atoms with Crippen LogP contribution >= 0.6 is 11.6 Å². The lowest BCUT2D eigenvalue weighted by atomic mass is 10.1. The first-order chi connectivity index (χ1) is 12.1. The summed E-state index contributed by atoms with van der Waals surface area (Å²) in [6.07, 6.45) is -0.461. The smallest absolute Gasteiger partial charge is 0.313 e. The van der Waals surface area contributed by atoms with E-state index in [1.807, 2.05) is 6.07 Å². The van der Waals surface area contributed by atoms with E-state index < -0.39 is 17.9 Å². The van der Waals surface area contributed by atoms with Gasteiger partial charge in [-0.1, -0.05) is 41.9 Å². The predicted molar refractivity (Wildman–Crippen MR) is 95.8 cm³/mol. The highest BCUT2D eigenvalue weighted by Gasteiger charge is 2.19. The SMILES string of the molecule is COc1ccccc1NC(=O)C(=O)NCC(OC)c1ccccc1Cl. The monoisotopic (exact) mass is 362 g/mol. The number of carbonyl (C=O) groups is 2. The normalized spacial score (nSPS) is 11.5. The Morgan fingerprint density at radius 3 is 2.40 bits per heavy atom. The van der Waals surface area contributed by atoms with Gasteiger partial charge in [0.25, 0.3) is 0 Å². The second kappa shape index (κ2) is 9.05. The average Bonchev–Trinajstić information content (AvgIpc) is 2.63. The summed E-state index contributed by atoms with van der Waals surface area (Å²) in [6.45, 7) is 0.110. The molecule has 0 aliphatic heterocycles. The van der Waals surface area contributed by atoms with E-state index in [9.17, 15) is 9.59 Å². The summed E-state index contributed by atoms with van der Waals surface area (Å²) in [5, 5.41) is 5.58. The van der Waals surface area contributed by atoms with Crippen LogP contribution in [0.15, 0.2) is 48.5 Å². The third kappa shape index (κ3) is 4.95. The highest BCUT2D eigenvalue weighted by atomic mass is 35.5. The molecular weight excluding hydrogens is 344 g/mol. The Labute approximate surface area is 151 Å². The van der Waals surface area contributed by atoms with Crippen LogP contribution in [0.2, 0.25) is 5.02 Å². The highest BCUT2D eigenvalue weighted by Crippen LogP contribution is 2.25. The molecular formula is C18H19ClN2O4. The molecule has 0 fully saturated rings. The number of hydrogen-bond donors (Lipinski definition) is 2. The molecule has 1 unspecified atom stereocenters. The van der Waals surface area contributed by atoms with Crippen LogP contribution in [0.1, 0.15) is 11.7 Å². The maximum Gasteiger partial charge on any atom is 0.313 e. The first-order valence-electron chi connectivity index (χ1n) is 7.56. The quantitative estimate of drug-likeness (QED) is 0.775. The molecule has 132 valence electrons. The summed E-state index contributed by atoms with van der Waals surface area (Å²) in [7, 11) is 2.99. The van der Waals surface area contributed by atoms with Crippen LogP contribution < -0.4 is 15.4 Å². The zero-order chi connectivity index (χ0) is 18.2. The molecule has 2 rings (SSSR count). The van der Waals surface area contributed by atoms with Crippen LogP contribution in [0.4, 0.5) is 5.69 Å². The number of halogens is 1. The van der Waals surface area contributed by atoms with E-state index in [1.54, 1.807) is 42.5 Å². The predicted octanol–water partition coefficient (Wildman–Crippen LogP) is 2.79. The molecule has 2 aromatic rings. The molecule has 0 heterocycles. The van der Waals surface area contributed by atoms with Crippen LogP contribution in [0.25, 0.3) is 0 Å². The summed E-state index contributed by atoms with van der Waals surface area (Å²) in [5.41, 5.74) is 1.15. The molecule has 2 aromatic carbocycles. The van der Waals surface area contributed by atoms with Crippen molar-refractivity contribution in [2.24, 2.45) is 0 Å². The molecule has 0 bridgehead atoms. The Balaban J connectivity index is 1.97. The van der Waals surface area contributed by atoms with Crippen molar-refractivity contribution in [2.75, 3.05) is 26.1 Å². The van der Waals surface area contributed by atoms with Crippen LogP contribution in [0.3, 0.4) is 0 Å². The molecule has 0 radical (unpaired) electrons. The molecule has 0 aliphatic rings. The standard InChI is InChI=1S/C18H19ClN2O4/c1-24-15-10-6-5-9-14(15)21-18(23)17(22)20-11-16(25-2)12-7-3-4-8-13(12)19/h3-10,16H,11H2,1-2H3,(H,20,22)(H,21,23). The Hall–Kier alpha value is -2.57. The molecule has 0 spiro atoms. The van der Waals surface area contributed by atoms with E-state index in [0.717, 1.165) is 5.56 Å². The van der Waals surface area contributed by atoms with Crippen molar-refractivity contribution in [3.63, 3.8) is 0 Å². The summed E-state index contributed by atoms with van der Waals surface area (Å²) in [5.74, 6) is -1.10. The van der Waals surface area contributed by atoms with Gasteiger partial charge >= 0.3 is 11.8 Å². The number of methoxy groups -OCH3 is 2. The fraction of sp³-hybridized carbons (Fsp3) is 0.222. The lowest BCUT2D eigenvalue weighted by molar-refractivity contribution is -0.136. The third-order valence-corrected chi connectivity index (χ3v) is 3.89. The van der Waals surface area contributed by atoms with Crippen LogP contribution in [-0.2, 0) is 14.3 Å². The van der Waals surface area contributed by atoms with E-state index in [0.29, 0.717) is 16.5 Å². The van der Waals surface area contributed by atoms with Crippen LogP contribution in [-0.4, -0.2) is 32.6 Å². The fourth-order valence-corrected chi connectivity index (χ4v) is 2.51. The minimum atomic E-state index is -0.793. The van der Waals surface area contributed by atoms with Crippen molar-refractivity contribution >= 4 is 29.1 Å². The average molecular weight is 363 g/mol. The minimum Gasteiger partial charge on any atom is -0.495 e. The van der Waals surface area contributed by atoms with Gasteiger partial charge in [0.1, 0.15) is 11.9 Å². The third-order valence-electron chi connectivity index (χ3n) is 3.55. The van der Waals surface area contributed by atoms with E-state index in [4.69, 9.17) is 21.1 Å². The van der Waals surface area contributed by atoms with Crippen molar-refractivity contribution in [2.45, 2.75) is 6.10 Å². The lowest BCUT2D eigenvalue weighted by Gasteiger charge is -2.17. The van der Waals surface area contributed by atoms with Gasteiger partial charge in [-0.3, -0.25) is 9.59 Å². The van der Waals surface area contributed by atoms with Crippen molar-refractivity contribution in [3.8, 4) is 5.75 Å². The number of para-hydroxylation sites is 2. The van der Waals surface area contributed by atoms with Crippen molar-refractivity contribution in [1.82, 2.24) is 5.32 Å². The maximum atomic E-state index is 12.0. The number of benzene rings is 2.